The number of ether oxygens (including phenoxy) is 1. The highest BCUT2D eigenvalue weighted by atomic mass is 32.1. The Labute approximate surface area is 53.6 Å². The Bertz CT molecular complexity index is 114. The van der Waals surface area contributed by atoms with Crippen molar-refractivity contribution >= 4 is 17.4 Å². The lowest BCUT2D eigenvalue weighted by Crippen LogP contribution is -2.00. The van der Waals surface area contributed by atoms with E-state index in [0.717, 1.165) is 19.6 Å². The summed E-state index contributed by atoms with van der Waals surface area (Å²) in [6.07, 6.45) is 1.00. The molecule has 3 heteroatoms. The third kappa shape index (κ3) is 1.37. The molecule has 8 heavy (non-hydrogen) atoms. The number of isothiocyanates is 1. The minimum Gasteiger partial charge on any atom is -0.379 e. The van der Waals surface area contributed by atoms with Crippen molar-refractivity contribution in [2.24, 2.45) is 4.99 Å². The number of rotatable bonds is 1. The van der Waals surface area contributed by atoms with Crippen LogP contribution in [0.3, 0.4) is 0 Å². The Morgan fingerprint density at radius 1 is 1.75 bits per heavy atom. The van der Waals surface area contributed by atoms with Gasteiger partial charge in [-0.25, -0.2) is 4.99 Å². The molecule has 0 unspecified atom stereocenters. The molecule has 0 spiro atoms. The van der Waals surface area contributed by atoms with Crippen molar-refractivity contribution in [2.45, 2.75) is 12.5 Å². The quantitative estimate of drug-likeness (QED) is 0.387. The molecule has 0 aromatic carbocycles. The van der Waals surface area contributed by atoms with Crippen LogP contribution in [0.4, 0.5) is 0 Å². The second-order valence-corrected chi connectivity index (χ2v) is 1.92. The monoisotopic (exact) mass is 129 g/mol. The van der Waals surface area contributed by atoms with Gasteiger partial charge in [-0.15, -0.1) is 0 Å². The Morgan fingerprint density at radius 3 is 3.12 bits per heavy atom. The topological polar surface area (TPSA) is 21.6 Å². The number of hydrogen-bond donors (Lipinski definition) is 0. The van der Waals surface area contributed by atoms with E-state index in [1.165, 1.54) is 0 Å². The van der Waals surface area contributed by atoms with Crippen molar-refractivity contribution in [2.75, 3.05) is 13.2 Å². The van der Waals surface area contributed by atoms with Gasteiger partial charge in [0.1, 0.15) is 0 Å². The first kappa shape index (κ1) is 5.89. The fraction of sp³-hybridized carbons (Fsp3) is 0.800. The van der Waals surface area contributed by atoms with Gasteiger partial charge >= 0.3 is 0 Å². The zero-order valence-electron chi connectivity index (χ0n) is 4.46. The first-order valence-electron chi connectivity index (χ1n) is 2.58. The van der Waals surface area contributed by atoms with Crippen LogP contribution in [0.1, 0.15) is 6.42 Å². The Morgan fingerprint density at radius 2 is 2.62 bits per heavy atom. The maximum atomic E-state index is 5.03. The molecule has 0 aromatic heterocycles. The third-order valence-electron chi connectivity index (χ3n) is 1.14. The summed E-state index contributed by atoms with van der Waals surface area (Å²) in [5.41, 5.74) is 0. The van der Waals surface area contributed by atoms with Gasteiger partial charge in [0.05, 0.1) is 17.8 Å². The molecular weight excluding hydrogens is 122 g/mol. The van der Waals surface area contributed by atoms with Crippen molar-refractivity contribution in [3.63, 3.8) is 0 Å². The summed E-state index contributed by atoms with van der Waals surface area (Å²) in [7, 11) is 0. The molecule has 0 aliphatic carbocycles. The highest BCUT2D eigenvalue weighted by Gasteiger charge is 2.12. The minimum atomic E-state index is 0.299. The fourth-order valence-corrected chi connectivity index (χ4v) is 0.848. The van der Waals surface area contributed by atoms with Gasteiger partial charge < -0.3 is 4.74 Å². The van der Waals surface area contributed by atoms with Gasteiger partial charge in [0.15, 0.2) is 0 Å². The summed E-state index contributed by atoms with van der Waals surface area (Å²) < 4.78 is 5.03. The molecule has 0 aromatic rings. The molecule has 1 atom stereocenters. The van der Waals surface area contributed by atoms with E-state index in [9.17, 15) is 0 Å². The summed E-state index contributed by atoms with van der Waals surface area (Å²) in [6.45, 7) is 1.55. The molecule has 0 N–H and O–H groups in total. The van der Waals surface area contributed by atoms with E-state index in [1.807, 2.05) is 0 Å². The van der Waals surface area contributed by atoms with Crippen molar-refractivity contribution in [1.29, 1.82) is 0 Å². The van der Waals surface area contributed by atoms with E-state index in [0.29, 0.717) is 6.04 Å². The van der Waals surface area contributed by atoms with Crippen LogP contribution in [-0.4, -0.2) is 24.4 Å². The first-order valence-corrected chi connectivity index (χ1v) is 2.99. The van der Waals surface area contributed by atoms with Gasteiger partial charge in [-0.05, 0) is 18.6 Å². The van der Waals surface area contributed by atoms with Crippen molar-refractivity contribution in [1.82, 2.24) is 0 Å². The van der Waals surface area contributed by atoms with Gasteiger partial charge in [0.25, 0.3) is 0 Å². The summed E-state index contributed by atoms with van der Waals surface area (Å²) in [5.74, 6) is 0. The number of hydrogen-bond acceptors (Lipinski definition) is 3. The SMILES string of the molecule is S=C=N[C@@H]1CCOC1. The van der Waals surface area contributed by atoms with E-state index in [-0.39, 0.29) is 0 Å². The maximum absolute atomic E-state index is 5.03. The highest BCUT2D eigenvalue weighted by molar-refractivity contribution is 7.78. The largest absolute Gasteiger partial charge is 0.379 e. The van der Waals surface area contributed by atoms with Crippen molar-refractivity contribution < 1.29 is 4.74 Å². The van der Waals surface area contributed by atoms with Crippen LogP contribution in [0, 0.1) is 0 Å². The van der Waals surface area contributed by atoms with Crippen LogP contribution in [0.25, 0.3) is 0 Å². The summed E-state index contributed by atoms with van der Waals surface area (Å²) >= 11 is 4.42. The van der Waals surface area contributed by atoms with Crippen molar-refractivity contribution in [3.05, 3.63) is 0 Å². The van der Waals surface area contributed by atoms with Gasteiger partial charge in [-0.2, -0.15) is 0 Å². The second-order valence-electron chi connectivity index (χ2n) is 1.74. The molecule has 0 saturated carbocycles. The molecule has 1 fully saturated rings. The average Bonchev–Trinajstić information content (AvgIpc) is 2.19. The van der Waals surface area contributed by atoms with Gasteiger partial charge in [0.2, 0.25) is 0 Å². The Kier molecular flexibility index (Phi) is 2.15. The molecule has 1 rings (SSSR count). The fourth-order valence-electron chi connectivity index (χ4n) is 0.698. The highest BCUT2D eigenvalue weighted by Crippen LogP contribution is 2.05. The smallest absolute Gasteiger partial charge is 0.0857 e. The molecular formula is C5H7NOS. The van der Waals surface area contributed by atoms with E-state index in [1.54, 1.807) is 0 Å². The molecule has 0 amide bonds. The molecule has 44 valence electrons. The molecule has 1 aliphatic heterocycles. The van der Waals surface area contributed by atoms with Gasteiger partial charge in [-0.1, -0.05) is 0 Å². The van der Waals surface area contributed by atoms with Gasteiger partial charge in [-0.3, -0.25) is 0 Å². The summed E-state index contributed by atoms with van der Waals surface area (Å²) in [5, 5.41) is 2.34. The summed E-state index contributed by atoms with van der Waals surface area (Å²) in [6, 6.07) is 0.299. The first-order chi connectivity index (χ1) is 3.93. The minimum absolute atomic E-state index is 0.299. The molecule has 1 heterocycles. The Hall–Kier alpha value is -0.240. The molecule has 2 nitrogen and oxygen atoms in total. The standard InChI is InChI=1S/C5H7NOS/c8-4-6-5-1-2-7-3-5/h5H,1-3H2/t5-/m1/s1. The van der Waals surface area contributed by atoms with Crippen LogP contribution in [0.5, 0.6) is 0 Å². The molecule has 1 aliphatic rings. The maximum Gasteiger partial charge on any atom is 0.0857 e. The predicted molar refractivity (Wildman–Crippen MR) is 34.2 cm³/mol. The van der Waals surface area contributed by atoms with Crippen LogP contribution in [-0.2, 0) is 4.74 Å². The lowest BCUT2D eigenvalue weighted by atomic mass is 10.3. The van der Waals surface area contributed by atoms with Gasteiger partial charge in [0, 0.05) is 6.61 Å². The van der Waals surface area contributed by atoms with Crippen LogP contribution >= 0.6 is 12.2 Å². The van der Waals surface area contributed by atoms with Crippen LogP contribution < -0.4 is 0 Å². The molecule has 1 saturated heterocycles. The molecule has 0 radical (unpaired) electrons. The normalized spacial score (nSPS) is 27.2. The molecule has 0 bridgehead atoms. The third-order valence-corrected chi connectivity index (χ3v) is 1.25. The predicted octanol–water partition coefficient (Wildman–Crippen LogP) is 0.878. The van der Waals surface area contributed by atoms with E-state index < -0.39 is 0 Å². The number of aliphatic imine (C=N–C) groups is 1. The second kappa shape index (κ2) is 2.92. The average molecular weight is 129 g/mol. The number of thiocarbonyl (C=S) groups is 1. The number of nitrogens with zero attached hydrogens (tertiary/aromatic N) is 1. The zero-order chi connectivity index (χ0) is 5.82. The van der Waals surface area contributed by atoms with Crippen LogP contribution in [0.15, 0.2) is 4.99 Å². The lowest BCUT2D eigenvalue weighted by Gasteiger charge is -1.91. The zero-order valence-corrected chi connectivity index (χ0v) is 5.28. The van der Waals surface area contributed by atoms with Crippen LogP contribution in [0.2, 0.25) is 0 Å². The Balaban J connectivity index is 2.35. The lowest BCUT2D eigenvalue weighted by molar-refractivity contribution is 0.194. The van der Waals surface area contributed by atoms with Crippen molar-refractivity contribution in [3.8, 4) is 0 Å². The van der Waals surface area contributed by atoms with E-state index in [2.05, 4.69) is 22.4 Å². The van der Waals surface area contributed by atoms with E-state index in [4.69, 9.17) is 4.74 Å². The van der Waals surface area contributed by atoms with E-state index >= 15 is 0 Å². The summed E-state index contributed by atoms with van der Waals surface area (Å²) in [4.78, 5) is 3.86.